The van der Waals surface area contributed by atoms with Gasteiger partial charge in [0.25, 0.3) is 0 Å². The van der Waals surface area contributed by atoms with Crippen LogP contribution in [0.1, 0.15) is 35.1 Å². The Bertz CT molecular complexity index is 1050. The number of thioether (sulfide) groups is 1. The minimum Gasteiger partial charge on any atom is -0.467 e. The molecule has 0 N–H and O–H groups in total. The van der Waals surface area contributed by atoms with Crippen LogP contribution in [0.15, 0.2) is 33.3 Å². The van der Waals surface area contributed by atoms with E-state index in [0.717, 1.165) is 17.5 Å². The molecule has 9 nitrogen and oxygen atoms in total. The Balaban J connectivity index is 1.75. The first-order valence-electron chi connectivity index (χ1n) is 9.09. The Kier molecular flexibility index (Phi) is 7.37. The molecule has 0 saturated heterocycles. The van der Waals surface area contributed by atoms with Gasteiger partial charge in [-0.05, 0) is 26.0 Å². The second-order valence-corrected chi connectivity index (χ2v) is 8.02. The van der Waals surface area contributed by atoms with Gasteiger partial charge >= 0.3 is 5.97 Å². The summed E-state index contributed by atoms with van der Waals surface area (Å²) in [6.45, 7) is 4.12. The first-order valence-corrected chi connectivity index (χ1v) is 11.0. The summed E-state index contributed by atoms with van der Waals surface area (Å²) in [5.74, 6) is -0.518. The highest BCUT2D eigenvalue weighted by Gasteiger charge is 2.25. The Morgan fingerprint density at radius 3 is 2.90 bits per heavy atom. The smallest absolute Gasteiger partial charge is 0.313 e. The number of carbonyl (C=O) groups is 2. The molecule has 0 fully saturated rings. The molecule has 0 bridgehead atoms. The van der Waals surface area contributed by atoms with Gasteiger partial charge in [0.1, 0.15) is 23.0 Å². The number of esters is 1. The highest BCUT2D eigenvalue weighted by molar-refractivity contribution is 7.99. The van der Waals surface area contributed by atoms with Crippen LogP contribution in [-0.2, 0) is 27.3 Å². The Hall–Kier alpha value is -2.97. The van der Waals surface area contributed by atoms with Crippen molar-refractivity contribution in [3.63, 3.8) is 0 Å². The lowest BCUT2D eigenvalue weighted by atomic mass is 10.1. The normalized spacial score (nSPS) is 11.8. The van der Waals surface area contributed by atoms with E-state index in [2.05, 4.69) is 15.2 Å². The van der Waals surface area contributed by atoms with Crippen molar-refractivity contribution in [2.24, 2.45) is 0 Å². The zero-order valence-electron chi connectivity index (χ0n) is 16.4. The monoisotopic (exact) mass is 445 g/mol. The number of hydrogen-bond donors (Lipinski definition) is 0. The Morgan fingerprint density at radius 1 is 1.43 bits per heavy atom. The molecule has 0 amide bonds. The number of thiazole rings is 1. The number of aromatic nitrogens is 4. The van der Waals surface area contributed by atoms with Crippen molar-refractivity contribution in [2.75, 3.05) is 12.4 Å². The van der Waals surface area contributed by atoms with Crippen LogP contribution < -0.4 is 0 Å². The number of rotatable bonds is 10. The van der Waals surface area contributed by atoms with Crippen molar-refractivity contribution in [2.45, 2.75) is 37.9 Å². The molecular formula is C19H19N5O4S2. The van der Waals surface area contributed by atoms with Crippen molar-refractivity contribution < 1.29 is 18.7 Å². The van der Waals surface area contributed by atoms with Gasteiger partial charge < -0.3 is 9.15 Å². The van der Waals surface area contributed by atoms with Gasteiger partial charge in [-0.2, -0.15) is 5.26 Å². The predicted molar refractivity (Wildman–Crippen MR) is 109 cm³/mol. The summed E-state index contributed by atoms with van der Waals surface area (Å²) >= 11 is 2.45. The van der Waals surface area contributed by atoms with E-state index in [1.165, 1.54) is 11.3 Å². The third kappa shape index (κ3) is 5.34. The van der Waals surface area contributed by atoms with Crippen molar-refractivity contribution in [3.05, 3.63) is 46.1 Å². The molecule has 3 aromatic heterocycles. The van der Waals surface area contributed by atoms with Gasteiger partial charge in [0.05, 0.1) is 31.2 Å². The van der Waals surface area contributed by atoms with Crippen LogP contribution in [-0.4, -0.2) is 43.9 Å². The maximum atomic E-state index is 12.6. The fourth-order valence-electron chi connectivity index (χ4n) is 2.60. The largest absolute Gasteiger partial charge is 0.467 e. The van der Waals surface area contributed by atoms with E-state index >= 15 is 0 Å². The molecule has 3 heterocycles. The summed E-state index contributed by atoms with van der Waals surface area (Å²) in [5.41, 5.74) is 0.775. The van der Waals surface area contributed by atoms with E-state index in [9.17, 15) is 14.9 Å². The van der Waals surface area contributed by atoms with Crippen molar-refractivity contribution in [3.8, 4) is 6.07 Å². The zero-order valence-corrected chi connectivity index (χ0v) is 18.0. The third-order valence-electron chi connectivity index (χ3n) is 3.97. The number of carbonyl (C=O) groups excluding carboxylic acids is 2. The first-order chi connectivity index (χ1) is 14.5. The lowest BCUT2D eigenvalue weighted by molar-refractivity contribution is -0.142. The van der Waals surface area contributed by atoms with Crippen LogP contribution >= 0.6 is 23.1 Å². The van der Waals surface area contributed by atoms with E-state index in [1.54, 1.807) is 29.9 Å². The lowest BCUT2D eigenvalue weighted by Crippen LogP contribution is -2.15. The van der Waals surface area contributed by atoms with E-state index in [0.29, 0.717) is 28.3 Å². The fraction of sp³-hybridized carbons (Fsp3) is 0.368. The molecule has 0 radical (unpaired) electrons. The van der Waals surface area contributed by atoms with Gasteiger partial charge in [0, 0.05) is 11.1 Å². The summed E-state index contributed by atoms with van der Waals surface area (Å²) < 4.78 is 12.1. The maximum Gasteiger partial charge on any atom is 0.313 e. The second kappa shape index (κ2) is 10.2. The van der Waals surface area contributed by atoms with Gasteiger partial charge in [0.15, 0.2) is 16.9 Å². The van der Waals surface area contributed by atoms with Crippen molar-refractivity contribution in [1.29, 1.82) is 5.26 Å². The Morgan fingerprint density at radius 2 is 2.27 bits per heavy atom. The van der Waals surface area contributed by atoms with E-state index in [1.807, 2.05) is 18.4 Å². The molecule has 11 heteroatoms. The maximum absolute atomic E-state index is 12.6. The average Bonchev–Trinajstić information content (AvgIpc) is 3.45. The van der Waals surface area contributed by atoms with Gasteiger partial charge in [0.2, 0.25) is 0 Å². The van der Waals surface area contributed by atoms with Crippen LogP contribution in [0, 0.1) is 18.3 Å². The predicted octanol–water partition coefficient (Wildman–Crippen LogP) is 2.76. The zero-order chi connectivity index (χ0) is 21.5. The summed E-state index contributed by atoms with van der Waals surface area (Å²) in [5, 5.41) is 20.4. The van der Waals surface area contributed by atoms with E-state index in [-0.39, 0.29) is 24.6 Å². The second-order valence-electron chi connectivity index (χ2n) is 6.19. The molecule has 0 saturated carbocycles. The molecule has 0 aliphatic heterocycles. The van der Waals surface area contributed by atoms with Crippen LogP contribution in [0.4, 0.5) is 0 Å². The molecule has 30 heavy (non-hydrogen) atoms. The summed E-state index contributed by atoms with van der Waals surface area (Å²) in [6.07, 6.45) is 1.50. The van der Waals surface area contributed by atoms with Gasteiger partial charge in [-0.3, -0.25) is 14.2 Å². The van der Waals surface area contributed by atoms with Gasteiger partial charge in [-0.1, -0.05) is 11.8 Å². The van der Waals surface area contributed by atoms with Crippen LogP contribution in [0.2, 0.25) is 0 Å². The molecule has 0 spiro atoms. The molecule has 0 aromatic carbocycles. The molecule has 156 valence electrons. The van der Waals surface area contributed by atoms with Gasteiger partial charge in [-0.15, -0.1) is 21.5 Å². The summed E-state index contributed by atoms with van der Waals surface area (Å²) in [4.78, 5) is 28.8. The molecule has 3 aromatic rings. The number of hydrogen-bond acceptors (Lipinski definition) is 10. The van der Waals surface area contributed by atoms with Crippen LogP contribution in [0.25, 0.3) is 0 Å². The number of Topliss-reactive ketones (excluding diaryl/α,β-unsaturated/α-hetero) is 1. The Labute approximate surface area is 181 Å². The highest BCUT2D eigenvalue weighted by atomic mass is 32.2. The minimum atomic E-state index is -0.920. The molecular weight excluding hydrogens is 426 g/mol. The number of nitriles is 1. The molecule has 1 atom stereocenters. The van der Waals surface area contributed by atoms with Crippen molar-refractivity contribution in [1.82, 2.24) is 19.7 Å². The average molecular weight is 446 g/mol. The molecule has 3 rings (SSSR count). The van der Waals surface area contributed by atoms with Crippen LogP contribution in [0.5, 0.6) is 0 Å². The SMILES string of the molecule is CCOC(=O)Cc1nnc(SCC(=O)[C@@H](C#N)c2nc(C)cs2)n1Cc1ccco1. The van der Waals surface area contributed by atoms with E-state index in [4.69, 9.17) is 9.15 Å². The first kappa shape index (κ1) is 21.7. The standard InChI is InChI=1S/C19H19N5O4S2/c1-3-27-17(26)7-16-22-23-19(24(16)9-13-5-4-6-28-13)30-11-15(25)14(8-20)18-21-12(2)10-29-18/h4-6,10,14H,3,7,9,11H2,1-2H3/t14-/m1/s1. The van der Waals surface area contributed by atoms with Crippen molar-refractivity contribution >= 4 is 34.9 Å². The minimum absolute atomic E-state index is 0.0204. The number of ketones is 1. The van der Waals surface area contributed by atoms with Gasteiger partial charge in [-0.25, -0.2) is 4.98 Å². The third-order valence-corrected chi connectivity index (χ3v) is 5.99. The lowest BCUT2D eigenvalue weighted by Gasteiger charge is -2.09. The number of nitrogens with zero attached hydrogens (tertiary/aromatic N) is 5. The molecule has 0 unspecified atom stereocenters. The summed E-state index contributed by atoms with van der Waals surface area (Å²) in [7, 11) is 0. The van der Waals surface area contributed by atoms with Crippen LogP contribution in [0.3, 0.4) is 0 Å². The molecule has 0 aliphatic carbocycles. The quantitative estimate of drug-likeness (QED) is 0.342. The fourth-order valence-corrected chi connectivity index (χ4v) is 4.33. The van der Waals surface area contributed by atoms with E-state index < -0.39 is 11.9 Å². The molecule has 0 aliphatic rings. The number of ether oxygens (including phenoxy) is 1. The highest BCUT2D eigenvalue weighted by Crippen LogP contribution is 2.25. The summed E-state index contributed by atoms with van der Waals surface area (Å²) in [6, 6.07) is 5.58. The number of aryl methyl sites for hydroxylation is 1. The topological polar surface area (TPSA) is 124 Å². The number of furan rings is 1.